The molecular weight excluding hydrogens is 311 g/mol. The summed E-state index contributed by atoms with van der Waals surface area (Å²) in [5, 5.41) is 22.6. The molecule has 1 aromatic carbocycles. The third-order valence-electron chi connectivity index (χ3n) is 3.27. The third-order valence-corrected chi connectivity index (χ3v) is 3.27. The van der Waals surface area contributed by atoms with Gasteiger partial charge in [-0.1, -0.05) is 24.3 Å². The Kier molecular flexibility index (Phi) is 3.87. The van der Waals surface area contributed by atoms with Crippen LogP contribution >= 0.6 is 0 Å². The molecule has 0 aliphatic carbocycles. The summed E-state index contributed by atoms with van der Waals surface area (Å²) in [4.78, 5) is 0. The summed E-state index contributed by atoms with van der Waals surface area (Å²) in [6.45, 7) is 0.201. The average Bonchev–Trinajstić information content (AvgIpc) is 2.96. The lowest BCUT2D eigenvalue weighted by Gasteiger charge is -2.10. The molecule has 2 aromatic heterocycles. The third kappa shape index (κ3) is 3.09. The van der Waals surface area contributed by atoms with Crippen molar-refractivity contribution in [3.63, 3.8) is 0 Å². The van der Waals surface area contributed by atoms with E-state index in [4.69, 9.17) is 0 Å². The highest BCUT2D eigenvalue weighted by molar-refractivity contribution is 5.45. The van der Waals surface area contributed by atoms with Crippen LogP contribution in [0.15, 0.2) is 36.4 Å². The maximum Gasteiger partial charge on any atom is 0.453 e. The highest BCUT2D eigenvalue weighted by Gasteiger charge is 2.37. The number of halogens is 3. The lowest BCUT2D eigenvalue weighted by atomic mass is 10.1. The lowest BCUT2D eigenvalue weighted by Crippen LogP contribution is -2.13. The molecule has 23 heavy (non-hydrogen) atoms. The summed E-state index contributed by atoms with van der Waals surface area (Å²) in [7, 11) is 0. The number of fused-ring (bicyclic) bond motifs is 1. The van der Waals surface area contributed by atoms with E-state index in [9.17, 15) is 18.3 Å². The number of hydrogen-bond donors (Lipinski definition) is 2. The molecule has 0 saturated heterocycles. The number of benzene rings is 1. The number of rotatable bonds is 4. The normalized spacial score (nSPS) is 11.8. The minimum Gasteiger partial charge on any atom is -0.392 e. The molecule has 0 aliphatic heterocycles. The number of nitrogens with zero attached hydrogens (tertiary/aromatic N) is 4. The summed E-state index contributed by atoms with van der Waals surface area (Å²) >= 11 is 0. The van der Waals surface area contributed by atoms with Crippen LogP contribution in [-0.4, -0.2) is 24.9 Å². The van der Waals surface area contributed by atoms with Crippen LogP contribution in [0.2, 0.25) is 0 Å². The topological polar surface area (TPSA) is 75.3 Å². The molecule has 3 aromatic rings. The van der Waals surface area contributed by atoms with Gasteiger partial charge in [0.1, 0.15) is 5.82 Å². The van der Waals surface area contributed by atoms with Crippen molar-refractivity contribution in [1.29, 1.82) is 0 Å². The molecule has 0 unspecified atom stereocenters. The zero-order valence-corrected chi connectivity index (χ0v) is 11.7. The molecule has 0 atom stereocenters. The van der Waals surface area contributed by atoms with Gasteiger partial charge < -0.3 is 10.4 Å². The van der Waals surface area contributed by atoms with E-state index < -0.39 is 12.0 Å². The molecule has 120 valence electrons. The standard InChI is InChI=1S/C14H12F3N5O/c15-14(16,17)13-20-19-12-6-5-11(21-22(12)13)18-7-9-3-1-2-4-10(9)8-23/h1-6,23H,7-8H2,(H,18,21). The highest BCUT2D eigenvalue weighted by Crippen LogP contribution is 2.27. The number of aromatic nitrogens is 4. The number of alkyl halides is 3. The fourth-order valence-electron chi connectivity index (χ4n) is 2.13. The molecular formula is C14H12F3N5O. The monoisotopic (exact) mass is 323 g/mol. The fraction of sp³-hybridized carbons (Fsp3) is 0.214. The van der Waals surface area contributed by atoms with Crippen molar-refractivity contribution in [3.05, 3.63) is 53.3 Å². The van der Waals surface area contributed by atoms with Gasteiger partial charge in [-0.2, -0.15) is 17.7 Å². The highest BCUT2D eigenvalue weighted by atomic mass is 19.4. The van der Waals surface area contributed by atoms with Crippen molar-refractivity contribution in [2.75, 3.05) is 5.32 Å². The van der Waals surface area contributed by atoms with Crippen LogP contribution in [0.5, 0.6) is 0 Å². The van der Waals surface area contributed by atoms with Gasteiger partial charge in [-0.25, -0.2) is 0 Å². The second kappa shape index (κ2) is 5.84. The Morgan fingerprint density at radius 3 is 2.48 bits per heavy atom. The molecule has 0 fully saturated rings. The number of aliphatic hydroxyl groups is 1. The summed E-state index contributed by atoms with van der Waals surface area (Å²) in [5.74, 6) is -0.928. The predicted octanol–water partition coefficient (Wildman–Crippen LogP) is 2.25. The van der Waals surface area contributed by atoms with Crippen LogP contribution in [0, 0.1) is 0 Å². The van der Waals surface area contributed by atoms with E-state index in [1.54, 1.807) is 12.1 Å². The van der Waals surface area contributed by atoms with Gasteiger partial charge in [-0.3, -0.25) is 0 Å². The molecule has 2 heterocycles. The summed E-state index contributed by atoms with van der Waals surface area (Å²) in [5.41, 5.74) is 1.58. The van der Waals surface area contributed by atoms with Gasteiger partial charge >= 0.3 is 6.18 Å². The Bertz CT molecular complexity index is 831. The summed E-state index contributed by atoms with van der Waals surface area (Å²) < 4.78 is 39.1. The first-order valence-electron chi connectivity index (χ1n) is 6.70. The van der Waals surface area contributed by atoms with E-state index in [1.807, 2.05) is 12.1 Å². The first-order chi connectivity index (χ1) is 11.0. The van der Waals surface area contributed by atoms with Gasteiger partial charge in [0.15, 0.2) is 5.65 Å². The molecule has 9 heteroatoms. The van der Waals surface area contributed by atoms with Gasteiger partial charge in [-0.15, -0.1) is 15.3 Å². The molecule has 6 nitrogen and oxygen atoms in total. The molecule has 0 amide bonds. The van der Waals surface area contributed by atoms with Crippen molar-refractivity contribution >= 4 is 11.5 Å². The summed E-state index contributed by atoms with van der Waals surface area (Å²) in [6, 6.07) is 10.1. The number of aliphatic hydroxyl groups excluding tert-OH is 1. The number of anilines is 1. The van der Waals surface area contributed by atoms with Crippen LogP contribution in [0.4, 0.5) is 19.0 Å². The van der Waals surface area contributed by atoms with E-state index in [0.717, 1.165) is 11.1 Å². The van der Waals surface area contributed by atoms with Crippen LogP contribution in [0.1, 0.15) is 17.0 Å². The molecule has 3 rings (SSSR count). The van der Waals surface area contributed by atoms with Gasteiger partial charge in [0.25, 0.3) is 5.82 Å². The average molecular weight is 323 g/mol. The SMILES string of the molecule is OCc1ccccc1CNc1ccc2nnc(C(F)(F)F)n2n1. The summed E-state index contributed by atoms with van der Waals surface area (Å²) in [6.07, 6.45) is -4.63. The fourth-order valence-corrected chi connectivity index (χ4v) is 2.13. The first-order valence-corrected chi connectivity index (χ1v) is 6.70. The van der Waals surface area contributed by atoms with E-state index in [0.29, 0.717) is 11.1 Å². The molecule has 0 bridgehead atoms. The van der Waals surface area contributed by atoms with E-state index in [1.165, 1.54) is 12.1 Å². The largest absolute Gasteiger partial charge is 0.453 e. The first kappa shape index (κ1) is 15.2. The maximum atomic E-state index is 12.8. The van der Waals surface area contributed by atoms with Crippen LogP contribution < -0.4 is 5.32 Å². The zero-order valence-electron chi connectivity index (χ0n) is 11.7. The Hall–Kier alpha value is -2.68. The quantitative estimate of drug-likeness (QED) is 0.770. The van der Waals surface area contributed by atoms with Crippen molar-refractivity contribution in [3.8, 4) is 0 Å². The Morgan fingerprint density at radius 1 is 1.04 bits per heavy atom. The minimum atomic E-state index is -4.63. The lowest BCUT2D eigenvalue weighted by molar-refractivity contribution is -0.146. The maximum absolute atomic E-state index is 12.8. The predicted molar refractivity (Wildman–Crippen MR) is 75.5 cm³/mol. The van der Waals surface area contributed by atoms with Crippen LogP contribution in [0.3, 0.4) is 0 Å². The van der Waals surface area contributed by atoms with Crippen LogP contribution in [0.25, 0.3) is 5.65 Å². The Labute approximate surface area is 128 Å². The van der Waals surface area contributed by atoms with Gasteiger partial charge in [0, 0.05) is 6.54 Å². The van der Waals surface area contributed by atoms with E-state index >= 15 is 0 Å². The van der Waals surface area contributed by atoms with Crippen molar-refractivity contribution in [1.82, 2.24) is 19.8 Å². The van der Waals surface area contributed by atoms with Gasteiger partial charge in [-0.05, 0) is 23.3 Å². The van der Waals surface area contributed by atoms with Crippen molar-refractivity contribution in [2.24, 2.45) is 0 Å². The molecule has 0 saturated carbocycles. The van der Waals surface area contributed by atoms with Crippen LogP contribution in [-0.2, 0) is 19.3 Å². The molecule has 0 spiro atoms. The Morgan fingerprint density at radius 2 is 1.78 bits per heavy atom. The number of hydrogen-bond acceptors (Lipinski definition) is 5. The second-order valence-electron chi connectivity index (χ2n) is 4.79. The number of nitrogens with one attached hydrogen (secondary N) is 1. The van der Waals surface area contributed by atoms with E-state index in [-0.39, 0.29) is 18.1 Å². The Balaban J connectivity index is 1.86. The van der Waals surface area contributed by atoms with E-state index in [2.05, 4.69) is 20.6 Å². The van der Waals surface area contributed by atoms with Crippen molar-refractivity contribution < 1.29 is 18.3 Å². The van der Waals surface area contributed by atoms with Gasteiger partial charge in [0.2, 0.25) is 0 Å². The van der Waals surface area contributed by atoms with Crippen molar-refractivity contribution in [2.45, 2.75) is 19.3 Å². The smallest absolute Gasteiger partial charge is 0.392 e. The molecule has 0 aliphatic rings. The second-order valence-corrected chi connectivity index (χ2v) is 4.79. The minimum absolute atomic E-state index is 0.0126. The van der Waals surface area contributed by atoms with Gasteiger partial charge in [0.05, 0.1) is 6.61 Å². The molecule has 2 N–H and O–H groups in total. The zero-order chi connectivity index (χ0) is 16.4. The molecule has 0 radical (unpaired) electrons.